The molecule has 1 aromatic carbocycles. The lowest BCUT2D eigenvalue weighted by Crippen LogP contribution is -2.37. The van der Waals surface area contributed by atoms with Crippen LogP contribution in [0.2, 0.25) is 0 Å². The van der Waals surface area contributed by atoms with Crippen LogP contribution < -0.4 is 0 Å². The number of hydrogen-bond acceptors (Lipinski definition) is 4. The third-order valence-corrected chi connectivity index (χ3v) is 4.72. The maximum atomic E-state index is 5.21. The standard InChI is InChI=1S/C17H21N5O/c1-12-17-20-19-16(11-23-2)22(17)9-8-21(12)10-13-4-3-5-15-14(13)6-7-18-15/h3-7,12,18H,8-11H2,1-2H3. The van der Waals surface area contributed by atoms with Gasteiger partial charge in [0.2, 0.25) is 0 Å². The van der Waals surface area contributed by atoms with Gasteiger partial charge in [0.1, 0.15) is 12.4 Å². The molecule has 0 aliphatic carbocycles. The Morgan fingerprint density at radius 3 is 3.04 bits per heavy atom. The summed E-state index contributed by atoms with van der Waals surface area (Å²) in [7, 11) is 1.69. The lowest BCUT2D eigenvalue weighted by molar-refractivity contribution is 0.143. The molecule has 120 valence electrons. The minimum atomic E-state index is 0.246. The summed E-state index contributed by atoms with van der Waals surface area (Å²) in [6.45, 7) is 5.54. The van der Waals surface area contributed by atoms with Gasteiger partial charge in [-0.2, -0.15) is 0 Å². The second-order valence-corrected chi connectivity index (χ2v) is 6.06. The first kappa shape index (κ1) is 14.4. The molecule has 0 saturated heterocycles. The number of rotatable bonds is 4. The Kier molecular flexibility index (Phi) is 3.63. The van der Waals surface area contributed by atoms with Gasteiger partial charge in [-0.05, 0) is 24.6 Å². The van der Waals surface area contributed by atoms with Crippen LogP contribution >= 0.6 is 0 Å². The third kappa shape index (κ3) is 2.44. The maximum Gasteiger partial charge on any atom is 0.159 e. The van der Waals surface area contributed by atoms with E-state index in [1.54, 1.807) is 7.11 Å². The molecule has 23 heavy (non-hydrogen) atoms. The van der Waals surface area contributed by atoms with E-state index in [9.17, 15) is 0 Å². The molecule has 4 rings (SSSR count). The Bertz CT molecular complexity index is 821. The van der Waals surface area contributed by atoms with Gasteiger partial charge in [-0.25, -0.2) is 0 Å². The number of fused-ring (bicyclic) bond motifs is 2. The number of nitrogens with zero attached hydrogens (tertiary/aromatic N) is 4. The van der Waals surface area contributed by atoms with Crippen LogP contribution in [0.15, 0.2) is 30.5 Å². The van der Waals surface area contributed by atoms with E-state index in [2.05, 4.69) is 55.8 Å². The van der Waals surface area contributed by atoms with Gasteiger partial charge in [-0.3, -0.25) is 4.90 Å². The highest BCUT2D eigenvalue weighted by Gasteiger charge is 2.28. The number of H-pyrrole nitrogens is 1. The van der Waals surface area contributed by atoms with Crippen LogP contribution in [0.4, 0.5) is 0 Å². The Morgan fingerprint density at radius 2 is 2.17 bits per heavy atom. The van der Waals surface area contributed by atoms with E-state index in [4.69, 9.17) is 4.74 Å². The fourth-order valence-corrected chi connectivity index (χ4v) is 3.45. The smallest absolute Gasteiger partial charge is 0.159 e. The summed E-state index contributed by atoms with van der Waals surface area (Å²) < 4.78 is 7.40. The SMILES string of the molecule is COCc1nnc2n1CCN(Cc1cccc3[nH]ccc13)C2C. The number of benzene rings is 1. The average molecular weight is 311 g/mol. The molecule has 0 fully saturated rings. The molecule has 2 aromatic heterocycles. The van der Waals surface area contributed by atoms with Crippen molar-refractivity contribution in [3.8, 4) is 0 Å². The molecule has 6 heteroatoms. The van der Waals surface area contributed by atoms with Crippen molar-refractivity contribution in [1.29, 1.82) is 0 Å². The molecular formula is C17H21N5O. The fourth-order valence-electron chi connectivity index (χ4n) is 3.45. The zero-order chi connectivity index (χ0) is 15.8. The van der Waals surface area contributed by atoms with E-state index in [0.717, 1.165) is 31.3 Å². The van der Waals surface area contributed by atoms with Gasteiger partial charge in [0, 0.05) is 43.8 Å². The summed E-state index contributed by atoms with van der Waals surface area (Å²) in [5.41, 5.74) is 2.54. The van der Waals surface area contributed by atoms with Crippen LogP contribution in [0.5, 0.6) is 0 Å². The van der Waals surface area contributed by atoms with Crippen LogP contribution in [0.1, 0.15) is 30.2 Å². The molecule has 6 nitrogen and oxygen atoms in total. The van der Waals surface area contributed by atoms with E-state index >= 15 is 0 Å². The van der Waals surface area contributed by atoms with Gasteiger partial charge >= 0.3 is 0 Å². The first-order valence-corrected chi connectivity index (χ1v) is 7.98. The molecule has 0 radical (unpaired) electrons. The molecule has 0 bridgehead atoms. The molecule has 3 aromatic rings. The summed E-state index contributed by atoms with van der Waals surface area (Å²) >= 11 is 0. The number of aromatic amines is 1. The number of ether oxygens (including phenoxy) is 1. The van der Waals surface area contributed by atoms with Crippen molar-refractivity contribution in [3.05, 3.63) is 47.7 Å². The third-order valence-electron chi connectivity index (χ3n) is 4.72. The van der Waals surface area contributed by atoms with Crippen molar-refractivity contribution in [2.45, 2.75) is 32.7 Å². The maximum absolute atomic E-state index is 5.21. The Morgan fingerprint density at radius 1 is 1.26 bits per heavy atom. The van der Waals surface area contributed by atoms with Crippen molar-refractivity contribution in [2.75, 3.05) is 13.7 Å². The zero-order valence-electron chi connectivity index (χ0n) is 13.5. The van der Waals surface area contributed by atoms with Crippen molar-refractivity contribution in [1.82, 2.24) is 24.6 Å². The van der Waals surface area contributed by atoms with Crippen LogP contribution in [-0.2, 0) is 24.4 Å². The second-order valence-electron chi connectivity index (χ2n) is 6.06. The molecule has 3 heterocycles. The van der Waals surface area contributed by atoms with Gasteiger partial charge in [0.05, 0.1) is 6.04 Å². The topological polar surface area (TPSA) is 59.0 Å². The average Bonchev–Trinajstić information content (AvgIpc) is 3.18. The van der Waals surface area contributed by atoms with Crippen molar-refractivity contribution < 1.29 is 4.74 Å². The van der Waals surface area contributed by atoms with E-state index in [1.807, 2.05) is 6.20 Å². The summed E-state index contributed by atoms with van der Waals surface area (Å²) in [5, 5.41) is 9.96. The van der Waals surface area contributed by atoms with Crippen LogP contribution in [-0.4, -0.2) is 38.3 Å². The fraction of sp³-hybridized carbons (Fsp3) is 0.412. The van der Waals surface area contributed by atoms with E-state index in [1.165, 1.54) is 16.5 Å². The lowest BCUT2D eigenvalue weighted by atomic mass is 10.1. The molecule has 1 aliphatic rings. The van der Waals surface area contributed by atoms with Crippen molar-refractivity contribution in [3.63, 3.8) is 0 Å². The van der Waals surface area contributed by atoms with Gasteiger partial charge in [0.25, 0.3) is 0 Å². The Labute approximate surface area is 135 Å². The molecule has 0 amide bonds. The van der Waals surface area contributed by atoms with E-state index < -0.39 is 0 Å². The Balaban J connectivity index is 1.60. The zero-order valence-corrected chi connectivity index (χ0v) is 13.5. The monoisotopic (exact) mass is 311 g/mol. The minimum Gasteiger partial charge on any atom is -0.377 e. The number of hydrogen-bond donors (Lipinski definition) is 1. The summed E-state index contributed by atoms with van der Waals surface area (Å²) in [4.78, 5) is 5.74. The number of aromatic nitrogens is 4. The largest absolute Gasteiger partial charge is 0.377 e. The number of methoxy groups -OCH3 is 1. The van der Waals surface area contributed by atoms with Crippen molar-refractivity contribution in [2.24, 2.45) is 0 Å². The summed E-state index contributed by atoms with van der Waals surface area (Å²) in [6.07, 6.45) is 2.00. The summed E-state index contributed by atoms with van der Waals surface area (Å²) in [6, 6.07) is 8.83. The molecule has 1 N–H and O–H groups in total. The van der Waals surface area contributed by atoms with E-state index in [0.29, 0.717) is 6.61 Å². The second kappa shape index (κ2) is 5.79. The molecule has 0 spiro atoms. The molecule has 1 aliphatic heterocycles. The normalized spacial score (nSPS) is 18.4. The highest BCUT2D eigenvalue weighted by Crippen LogP contribution is 2.28. The molecule has 1 unspecified atom stereocenters. The van der Waals surface area contributed by atoms with Crippen LogP contribution in [0.25, 0.3) is 10.9 Å². The minimum absolute atomic E-state index is 0.246. The van der Waals surface area contributed by atoms with Crippen LogP contribution in [0.3, 0.4) is 0 Å². The summed E-state index contributed by atoms with van der Waals surface area (Å²) in [5.74, 6) is 1.95. The predicted octanol–water partition coefficient (Wildman–Crippen LogP) is 2.48. The van der Waals surface area contributed by atoms with Gasteiger partial charge in [0.15, 0.2) is 5.82 Å². The quantitative estimate of drug-likeness (QED) is 0.804. The predicted molar refractivity (Wildman–Crippen MR) is 87.9 cm³/mol. The molecule has 1 atom stereocenters. The van der Waals surface area contributed by atoms with E-state index in [-0.39, 0.29) is 6.04 Å². The van der Waals surface area contributed by atoms with Gasteiger partial charge < -0.3 is 14.3 Å². The molecular weight excluding hydrogens is 290 g/mol. The lowest BCUT2D eigenvalue weighted by Gasteiger charge is -2.33. The molecule has 0 saturated carbocycles. The first-order valence-electron chi connectivity index (χ1n) is 7.98. The van der Waals surface area contributed by atoms with Gasteiger partial charge in [-0.15, -0.1) is 10.2 Å². The highest BCUT2D eigenvalue weighted by atomic mass is 16.5. The number of nitrogens with one attached hydrogen (secondary N) is 1. The van der Waals surface area contributed by atoms with Crippen molar-refractivity contribution >= 4 is 10.9 Å². The van der Waals surface area contributed by atoms with Gasteiger partial charge in [-0.1, -0.05) is 12.1 Å². The first-order chi connectivity index (χ1) is 11.3. The van der Waals surface area contributed by atoms with Crippen LogP contribution in [0, 0.1) is 0 Å². The Hall–Kier alpha value is -2.18. The highest BCUT2D eigenvalue weighted by molar-refractivity contribution is 5.82.